The molecular weight excluding hydrogens is 708 g/mol. The molecule has 0 aliphatic heterocycles. The van der Waals surface area contributed by atoms with E-state index >= 15 is 0 Å². The van der Waals surface area contributed by atoms with Gasteiger partial charge < -0.3 is 45.3 Å². The summed E-state index contributed by atoms with van der Waals surface area (Å²) >= 11 is 0. The van der Waals surface area contributed by atoms with Gasteiger partial charge in [-0.2, -0.15) is 0 Å². The Hall–Kier alpha value is -2.81. The highest BCUT2D eigenvalue weighted by molar-refractivity contribution is 5.84. The largest absolute Gasteiger partial charge is 0.480 e. The highest BCUT2D eigenvalue weighted by atomic mass is 16.5. The number of hydrogen-bond donors (Lipinski definition) is 5. The van der Waals surface area contributed by atoms with E-state index in [4.69, 9.17) is 18.9 Å². The Bertz CT molecular complexity index is 956. The van der Waals surface area contributed by atoms with Crippen molar-refractivity contribution in [3.05, 3.63) is 0 Å². The standard InChI is InChI=1S/C41H78N4O10/c1-3-5-7-9-10-11-12-13-14-15-16-17-18-19-20-22-38(47)45-36(41(50)51)23-24-37(46)43-26-28-52-30-33-55-35-40(49)44-27-29-53-31-32-54-34-39(48)42-25-21-8-6-4-2/h36H,3-35H2,1-2H3,(H,42,48)(H,43,46)(H,44,49)(H,45,47)(H,50,51)/t36-/m0/s1. The van der Waals surface area contributed by atoms with Crippen molar-refractivity contribution >= 4 is 29.6 Å². The van der Waals surface area contributed by atoms with Gasteiger partial charge in [0.1, 0.15) is 19.3 Å². The van der Waals surface area contributed by atoms with E-state index in [9.17, 15) is 29.1 Å². The van der Waals surface area contributed by atoms with Gasteiger partial charge >= 0.3 is 5.97 Å². The van der Waals surface area contributed by atoms with Crippen molar-refractivity contribution in [2.75, 3.05) is 72.5 Å². The summed E-state index contributed by atoms with van der Waals surface area (Å²) in [6.07, 6.45) is 23.2. The van der Waals surface area contributed by atoms with Crippen LogP contribution < -0.4 is 21.3 Å². The summed E-state index contributed by atoms with van der Waals surface area (Å²) in [7, 11) is 0. The number of unbranched alkanes of at least 4 members (excludes halogenated alkanes) is 17. The van der Waals surface area contributed by atoms with E-state index in [0.717, 1.165) is 38.5 Å². The Morgan fingerprint density at radius 2 is 0.836 bits per heavy atom. The molecule has 0 aromatic heterocycles. The minimum absolute atomic E-state index is 0.000200. The summed E-state index contributed by atoms with van der Waals surface area (Å²) in [5.41, 5.74) is 0. The molecule has 0 unspecified atom stereocenters. The number of ether oxygens (including phenoxy) is 4. The first-order chi connectivity index (χ1) is 26.8. The zero-order valence-corrected chi connectivity index (χ0v) is 34.5. The van der Waals surface area contributed by atoms with Crippen LogP contribution in [0.2, 0.25) is 0 Å². The first-order valence-corrected chi connectivity index (χ1v) is 21.4. The molecule has 0 rings (SSSR count). The third-order valence-corrected chi connectivity index (χ3v) is 9.00. The number of carboxylic acids is 1. The minimum Gasteiger partial charge on any atom is -0.480 e. The van der Waals surface area contributed by atoms with Gasteiger partial charge in [0.05, 0.1) is 39.6 Å². The van der Waals surface area contributed by atoms with E-state index in [-0.39, 0.29) is 89.1 Å². The normalized spacial score (nSPS) is 11.6. The number of carbonyl (C=O) groups is 5. The van der Waals surface area contributed by atoms with Crippen LogP contribution in [-0.2, 0) is 42.9 Å². The Balaban J connectivity index is 3.64. The lowest BCUT2D eigenvalue weighted by atomic mass is 10.0. The van der Waals surface area contributed by atoms with Crippen LogP contribution in [0.25, 0.3) is 0 Å². The van der Waals surface area contributed by atoms with E-state index in [1.807, 2.05) is 0 Å². The molecule has 14 heteroatoms. The summed E-state index contributed by atoms with van der Waals surface area (Å²) in [5.74, 6) is -2.21. The van der Waals surface area contributed by atoms with Crippen LogP contribution in [0.5, 0.6) is 0 Å². The van der Waals surface area contributed by atoms with E-state index < -0.39 is 12.0 Å². The van der Waals surface area contributed by atoms with Crippen molar-refractivity contribution in [2.24, 2.45) is 0 Å². The maximum atomic E-state index is 12.3. The minimum atomic E-state index is -1.16. The second-order valence-corrected chi connectivity index (χ2v) is 14.1. The van der Waals surface area contributed by atoms with Crippen molar-refractivity contribution in [3.63, 3.8) is 0 Å². The predicted octanol–water partition coefficient (Wildman–Crippen LogP) is 5.59. The van der Waals surface area contributed by atoms with E-state index in [2.05, 4.69) is 35.1 Å². The molecule has 0 saturated carbocycles. The van der Waals surface area contributed by atoms with Crippen molar-refractivity contribution in [1.82, 2.24) is 21.3 Å². The molecular formula is C41H78N4O10. The van der Waals surface area contributed by atoms with Gasteiger partial charge in [0, 0.05) is 32.5 Å². The van der Waals surface area contributed by atoms with Gasteiger partial charge in [0.2, 0.25) is 23.6 Å². The summed E-state index contributed by atoms with van der Waals surface area (Å²) in [5, 5.41) is 20.2. The molecule has 0 spiro atoms. The lowest BCUT2D eigenvalue weighted by Crippen LogP contribution is -2.41. The van der Waals surface area contributed by atoms with Crippen LogP contribution in [0.1, 0.15) is 155 Å². The lowest BCUT2D eigenvalue weighted by Gasteiger charge is -2.14. The van der Waals surface area contributed by atoms with Crippen molar-refractivity contribution in [2.45, 2.75) is 161 Å². The fourth-order valence-corrected chi connectivity index (χ4v) is 5.72. The van der Waals surface area contributed by atoms with Crippen molar-refractivity contribution in [3.8, 4) is 0 Å². The van der Waals surface area contributed by atoms with Crippen molar-refractivity contribution < 1.29 is 48.0 Å². The average Bonchev–Trinajstić information content (AvgIpc) is 3.16. The quantitative estimate of drug-likeness (QED) is 0.0488. The Morgan fingerprint density at radius 3 is 1.31 bits per heavy atom. The second-order valence-electron chi connectivity index (χ2n) is 14.1. The highest BCUT2D eigenvalue weighted by Gasteiger charge is 2.20. The molecule has 55 heavy (non-hydrogen) atoms. The van der Waals surface area contributed by atoms with Gasteiger partial charge in [-0.05, 0) is 19.3 Å². The fraction of sp³-hybridized carbons (Fsp3) is 0.878. The molecule has 0 fully saturated rings. The maximum absolute atomic E-state index is 12.3. The lowest BCUT2D eigenvalue weighted by molar-refractivity contribution is -0.142. The number of amides is 4. The van der Waals surface area contributed by atoms with Crippen LogP contribution in [0.4, 0.5) is 0 Å². The van der Waals surface area contributed by atoms with E-state index in [1.54, 1.807) is 0 Å². The average molecular weight is 787 g/mol. The van der Waals surface area contributed by atoms with Crippen LogP contribution in [0.15, 0.2) is 0 Å². The molecule has 0 aliphatic carbocycles. The number of rotatable bonds is 42. The van der Waals surface area contributed by atoms with Gasteiger partial charge in [-0.25, -0.2) is 4.79 Å². The molecule has 322 valence electrons. The molecule has 0 aromatic carbocycles. The van der Waals surface area contributed by atoms with Crippen LogP contribution in [0.3, 0.4) is 0 Å². The Morgan fingerprint density at radius 1 is 0.436 bits per heavy atom. The number of nitrogens with one attached hydrogen (secondary N) is 4. The summed E-state index contributed by atoms with van der Waals surface area (Å²) in [4.78, 5) is 59.6. The molecule has 0 heterocycles. The molecule has 5 N–H and O–H groups in total. The third-order valence-electron chi connectivity index (χ3n) is 9.00. The third kappa shape index (κ3) is 39.2. The first kappa shape index (κ1) is 52.2. The molecule has 0 saturated heterocycles. The molecule has 0 radical (unpaired) electrons. The predicted molar refractivity (Wildman–Crippen MR) is 215 cm³/mol. The SMILES string of the molecule is CCCCCCCCCCCCCCCCCC(=O)N[C@@H](CCC(=O)NCCOCCOCC(=O)NCCOCCOCC(=O)NCCCCCC)C(=O)O. The first-order valence-electron chi connectivity index (χ1n) is 21.4. The highest BCUT2D eigenvalue weighted by Crippen LogP contribution is 2.14. The molecule has 0 bridgehead atoms. The molecule has 14 nitrogen and oxygen atoms in total. The second kappa shape index (κ2) is 40.8. The zero-order chi connectivity index (χ0) is 40.5. The number of aliphatic carboxylic acids is 1. The van der Waals surface area contributed by atoms with Gasteiger partial charge in [-0.15, -0.1) is 0 Å². The number of carboxylic acid groups (broad SMARTS) is 1. The number of hydrogen-bond acceptors (Lipinski definition) is 9. The topological polar surface area (TPSA) is 191 Å². The maximum Gasteiger partial charge on any atom is 0.326 e. The van der Waals surface area contributed by atoms with Crippen LogP contribution in [0, 0.1) is 0 Å². The molecule has 1 atom stereocenters. The summed E-state index contributed by atoms with van der Waals surface area (Å²) < 4.78 is 21.3. The number of carbonyl (C=O) groups excluding carboxylic acids is 4. The van der Waals surface area contributed by atoms with E-state index in [1.165, 1.54) is 83.5 Å². The Kier molecular flexibility index (Phi) is 38.8. The van der Waals surface area contributed by atoms with Gasteiger partial charge in [0.25, 0.3) is 0 Å². The van der Waals surface area contributed by atoms with Gasteiger partial charge in [-0.3, -0.25) is 19.2 Å². The smallest absolute Gasteiger partial charge is 0.326 e. The molecule has 0 aliphatic rings. The van der Waals surface area contributed by atoms with Gasteiger partial charge in [0.15, 0.2) is 0 Å². The zero-order valence-electron chi connectivity index (χ0n) is 34.5. The fourth-order valence-electron chi connectivity index (χ4n) is 5.72. The Labute approximate surface area is 332 Å². The van der Waals surface area contributed by atoms with Crippen LogP contribution in [-0.4, -0.2) is 113 Å². The van der Waals surface area contributed by atoms with Gasteiger partial charge in [-0.1, -0.05) is 123 Å². The molecule has 4 amide bonds. The van der Waals surface area contributed by atoms with Crippen LogP contribution >= 0.6 is 0 Å². The van der Waals surface area contributed by atoms with Crippen molar-refractivity contribution in [1.29, 1.82) is 0 Å². The summed E-state index contributed by atoms with van der Waals surface area (Å²) in [6, 6.07) is -1.11. The monoisotopic (exact) mass is 787 g/mol. The molecule has 0 aromatic rings. The summed E-state index contributed by atoms with van der Waals surface area (Å²) in [6.45, 7) is 7.04. The van der Waals surface area contributed by atoms with E-state index in [0.29, 0.717) is 26.3 Å².